The Morgan fingerprint density at radius 3 is 2.86 bits per heavy atom. The number of amides is 4. The first kappa shape index (κ1) is 20.7. The van der Waals surface area contributed by atoms with Crippen LogP contribution in [0.3, 0.4) is 0 Å². The fourth-order valence-electron chi connectivity index (χ4n) is 3.55. The number of carbonyl (C=O) groups excluding carboxylic acids is 4. The van der Waals surface area contributed by atoms with E-state index in [0.717, 1.165) is 6.42 Å². The van der Waals surface area contributed by atoms with E-state index in [1.807, 2.05) is 0 Å². The minimum absolute atomic E-state index is 0.0311. The fourth-order valence-corrected chi connectivity index (χ4v) is 3.55. The average Bonchev–Trinajstić information content (AvgIpc) is 2.75. The first-order chi connectivity index (χ1) is 14.0. The van der Waals surface area contributed by atoms with Crippen LogP contribution in [0.15, 0.2) is 24.5 Å². The molecular weight excluding hydrogens is 378 g/mol. The summed E-state index contributed by atoms with van der Waals surface area (Å²) in [6.45, 7) is 0.939. The topological polar surface area (TPSA) is 121 Å². The summed E-state index contributed by atoms with van der Waals surface area (Å²) in [7, 11) is 1.40. The first-order valence-electron chi connectivity index (χ1n) is 9.57. The zero-order valence-electron chi connectivity index (χ0n) is 16.3. The number of piperidine rings is 1. The minimum Gasteiger partial charge on any atom is -0.375 e. The summed E-state index contributed by atoms with van der Waals surface area (Å²) >= 11 is 0. The Kier molecular flexibility index (Phi) is 6.76. The van der Waals surface area contributed by atoms with Crippen LogP contribution in [-0.4, -0.2) is 90.4 Å². The number of rotatable bonds is 5. The normalized spacial score (nSPS) is 22.0. The van der Waals surface area contributed by atoms with Gasteiger partial charge in [0.25, 0.3) is 5.91 Å². The van der Waals surface area contributed by atoms with Gasteiger partial charge in [-0.2, -0.15) is 0 Å². The van der Waals surface area contributed by atoms with E-state index in [1.165, 1.54) is 23.1 Å². The van der Waals surface area contributed by atoms with Crippen molar-refractivity contribution in [2.75, 3.05) is 39.9 Å². The second-order valence-electron chi connectivity index (χ2n) is 7.02. The van der Waals surface area contributed by atoms with Gasteiger partial charge in [-0.3, -0.25) is 24.2 Å². The lowest BCUT2D eigenvalue weighted by molar-refractivity contribution is -0.146. The molecule has 2 N–H and O–H groups in total. The van der Waals surface area contributed by atoms with Crippen molar-refractivity contribution in [1.29, 1.82) is 0 Å². The second kappa shape index (κ2) is 9.46. The Morgan fingerprint density at radius 1 is 1.34 bits per heavy atom. The predicted octanol–water partition coefficient (Wildman–Crippen LogP) is -1.22. The van der Waals surface area contributed by atoms with E-state index in [2.05, 4.69) is 15.6 Å². The van der Waals surface area contributed by atoms with Crippen molar-refractivity contribution >= 4 is 23.6 Å². The molecule has 0 aromatic carbocycles. The predicted molar refractivity (Wildman–Crippen MR) is 102 cm³/mol. The summed E-state index contributed by atoms with van der Waals surface area (Å²) in [6, 6.07) is 1.78. The number of carbonyl (C=O) groups is 4. The van der Waals surface area contributed by atoms with Gasteiger partial charge >= 0.3 is 0 Å². The Bertz CT molecular complexity index is 772. The molecule has 10 heteroatoms. The number of methoxy groups -OCH3 is 1. The third-order valence-corrected chi connectivity index (χ3v) is 5.07. The zero-order valence-corrected chi connectivity index (χ0v) is 16.3. The van der Waals surface area contributed by atoms with Crippen molar-refractivity contribution < 1.29 is 23.9 Å². The number of nitrogens with one attached hydrogen (secondary N) is 2. The van der Waals surface area contributed by atoms with E-state index in [1.54, 1.807) is 18.3 Å². The molecule has 3 heterocycles. The van der Waals surface area contributed by atoms with E-state index in [9.17, 15) is 19.2 Å². The van der Waals surface area contributed by atoms with Crippen molar-refractivity contribution in [3.8, 4) is 0 Å². The molecule has 2 atom stereocenters. The molecule has 2 aliphatic rings. The molecule has 2 aliphatic heterocycles. The number of hydrogen-bond acceptors (Lipinski definition) is 6. The molecule has 0 unspecified atom stereocenters. The van der Waals surface area contributed by atoms with Crippen LogP contribution in [0, 0.1) is 0 Å². The Hall–Kier alpha value is -3.01. The molecule has 0 saturated carbocycles. The number of piperazine rings is 1. The number of hydrogen-bond donors (Lipinski definition) is 2. The second-order valence-corrected chi connectivity index (χ2v) is 7.02. The summed E-state index contributed by atoms with van der Waals surface area (Å²) in [5.41, 5.74) is 0.412. The van der Waals surface area contributed by atoms with E-state index in [0.29, 0.717) is 18.5 Å². The van der Waals surface area contributed by atoms with Crippen molar-refractivity contribution in [2.24, 2.45) is 0 Å². The standard InChI is InChI=1S/C19H25N5O5/c1-29-12-16(25)24-9-8-23(19(28)13-4-2-6-20-10-13)11-15(24)18(27)22-14-5-3-7-21-17(14)26/h2,4,6,10,14-15H,3,5,7-9,11-12H2,1H3,(H,21,26)(H,22,27)/t14-,15-/m0/s1. The molecule has 156 valence electrons. The SMILES string of the molecule is COCC(=O)N1CCN(C(=O)c2cccnc2)C[C@H]1C(=O)N[C@H]1CCCNC1=O. The highest BCUT2D eigenvalue weighted by Crippen LogP contribution is 2.15. The van der Waals surface area contributed by atoms with Gasteiger partial charge in [-0.15, -0.1) is 0 Å². The summed E-state index contributed by atoms with van der Waals surface area (Å²) < 4.78 is 4.92. The van der Waals surface area contributed by atoms with Crippen LogP contribution in [0.1, 0.15) is 23.2 Å². The summed E-state index contributed by atoms with van der Waals surface area (Å²) in [6.07, 6.45) is 4.34. The van der Waals surface area contributed by atoms with Gasteiger partial charge in [0.2, 0.25) is 17.7 Å². The lowest BCUT2D eigenvalue weighted by atomic mass is 10.0. The summed E-state index contributed by atoms with van der Waals surface area (Å²) in [4.78, 5) is 57.1. The van der Waals surface area contributed by atoms with E-state index < -0.39 is 18.0 Å². The molecule has 1 aromatic heterocycles. The lowest BCUT2D eigenvalue weighted by Gasteiger charge is -2.41. The molecule has 0 bridgehead atoms. The summed E-state index contributed by atoms with van der Waals surface area (Å²) in [5.74, 6) is -1.29. The van der Waals surface area contributed by atoms with Gasteiger partial charge in [-0.1, -0.05) is 0 Å². The maximum atomic E-state index is 13.0. The first-order valence-corrected chi connectivity index (χ1v) is 9.57. The molecule has 4 amide bonds. The van der Waals surface area contributed by atoms with Gasteiger partial charge in [0.15, 0.2) is 0 Å². The number of pyridine rings is 1. The lowest BCUT2D eigenvalue weighted by Crippen LogP contribution is -2.64. The molecule has 0 spiro atoms. The maximum Gasteiger partial charge on any atom is 0.255 e. The van der Waals surface area contributed by atoms with Crippen LogP contribution in [0.2, 0.25) is 0 Å². The highest BCUT2D eigenvalue weighted by molar-refractivity contribution is 5.96. The zero-order chi connectivity index (χ0) is 20.8. The molecular formula is C19H25N5O5. The number of nitrogens with zero attached hydrogens (tertiary/aromatic N) is 3. The van der Waals surface area contributed by atoms with Gasteiger partial charge in [0.1, 0.15) is 18.7 Å². The van der Waals surface area contributed by atoms with Gasteiger partial charge in [0, 0.05) is 39.1 Å². The van der Waals surface area contributed by atoms with Crippen LogP contribution in [-0.2, 0) is 19.1 Å². The molecule has 3 rings (SSSR count). The van der Waals surface area contributed by atoms with Gasteiger partial charge < -0.3 is 25.2 Å². The van der Waals surface area contributed by atoms with Gasteiger partial charge in [-0.25, -0.2) is 0 Å². The highest BCUT2D eigenvalue weighted by atomic mass is 16.5. The van der Waals surface area contributed by atoms with Crippen molar-refractivity contribution in [2.45, 2.75) is 24.9 Å². The third-order valence-electron chi connectivity index (χ3n) is 5.07. The van der Waals surface area contributed by atoms with Crippen LogP contribution in [0.5, 0.6) is 0 Å². The molecule has 2 fully saturated rings. The van der Waals surface area contributed by atoms with E-state index in [4.69, 9.17) is 4.74 Å². The van der Waals surface area contributed by atoms with Crippen LogP contribution < -0.4 is 10.6 Å². The quantitative estimate of drug-likeness (QED) is 0.636. The van der Waals surface area contributed by atoms with E-state index in [-0.39, 0.29) is 44.0 Å². The maximum absolute atomic E-state index is 13.0. The van der Waals surface area contributed by atoms with Crippen LogP contribution >= 0.6 is 0 Å². The molecule has 10 nitrogen and oxygen atoms in total. The third kappa shape index (κ3) is 4.89. The van der Waals surface area contributed by atoms with Crippen molar-refractivity contribution in [3.63, 3.8) is 0 Å². The monoisotopic (exact) mass is 403 g/mol. The Balaban J connectivity index is 1.75. The van der Waals surface area contributed by atoms with Gasteiger partial charge in [0.05, 0.1) is 12.1 Å². The fraction of sp³-hybridized carbons (Fsp3) is 0.526. The highest BCUT2D eigenvalue weighted by Gasteiger charge is 2.38. The minimum atomic E-state index is -0.901. The Labute approximate surface area is 168 Å². The van der Waals surface area contributed by atoms with Crippen LogP contribution in [0.25, 0.3) is 0 Å². The smallest absolute Gasteiger partial charge is 0.255 e. The largest absolute Gasteiger partial charge is 0.375 e. The average molecular weight is 403 g/mol. The molecule has 0 aliphatic carbocycles. The van der Waals surface area contributed by atoms with Gasteiger partial charge in [-0.05, 0) is 25.0 Å². The van der Waals surface area contributed by atoms with E-state index >= 15 is 0 Å². The molecule has 29 heavy (non-hydrogen) atoms. The van der Waals surface area contributed by atoms with Crippen molar-refractivity contribution in [3.05, 3.63) is 30.1 Å². The van der Waals surface area contributed by atoms with Crippen LogP contribution in [0.4, 0.5) is 0 Å². The van der Waals surface area contributed by atoms with Crippen molar-refractivity contribution in [1.82, 2.24) is 25.4 Å². The summed E-state index contributed by atoms with van der Waals surface area (Å²) in [5, 5.41) is 5.45. The molecule has 1 aromatic rings. The molecule has 2 saturated heterocycles. The Morgan fingerprint density at radius 2 is 2.17 bits per heavy atom. The number of aromatic nitrogens is 1. The number of ether oxygens (including phenoxy) is 1. The molecule has 0 radical (unpaired) electrons.